The quantitative estimate of drug-likeness (QED) is 0.787. The van der Waals surface area contributed by atoms with Crippen LogP contribution in [0.3, 0.4) is 0 Å². The minimum absolute atomic E-state index is 0.770. The van der Waals surface area contributed by atoms with Crippen molar-refractivity contribution in [3.63, 3.8) is 0 Å². The fourth-order valence-electron chi connectivity index (χ4n) is 1.55. The molecular formula is C9H10BrNOS. The average Bonchev–Trinajstić information content (AvgIpc) is 2.53. The summed E-state index contributed by atoms with van der Waals surface area (Å²) < 4.78 is 0.770. The van der Waals surface area contributed by atoms with Gasteiger partial charge in [0, 0.05) is 0 Å². The first kappa shape index (κ1) is 9.37. The maximum absolute atomic E-state index is 10.3. The molecule has 4 heteroatoms. The Morgan fingerprint density at radius 1 is 1.62 bits per heavy atom. The number of aliphatic hydroxyl groups is 1. The largest absolute Gasteiger partial charge is 0.380 e. The fraction of sp³-hybridized carbons (Fsp3) is 0.444. The van der Waals surface area contributed by atoms with Crippen molar-refractivity contribution in [3.8, 4) is 0 Å². The van der Waals surface area contributed by atoms with E-state index in [9.17, 15) is 5.11 Å². The summed E-state index contributed by atoms with van der Waals surface area (Å²) in [5.74, 6) is 0. The van der Waals surface area contributed by atoms with E-state index >= 15 is 0 Å². The van der Waals surface area contributed by atoms with Gasteiger partial charge in [0.1, 0.15) is 10.2 Å². The smallest absolute Gasteiger partial charge is 0.123 e. The van der Waals surface area contributed by atoms with E-state index in [0.29, 0.717) is 0 Å². The molecule has 1 unspecified atom stereocenters. The van der Waals surface area contributed by atoms with Crippen LogP contribution in [-0.4, -0.2) is 10.1 Å². The van der Waals surface area contributed by atoms with Crippen LogP contribution in [0.2, 0.25) is 0 Å². The summed E-state index contributed by atoms with van der Waals surface area (Å²) in [5, 5.41) is 10.3. The lowest BCUT2D eigenvalue weighted by Crippen LogP contribution is -2.23. The van der Waals surface area contributed by atoms with E-state index in [2.05, 4.69) is 20.9 Å². The Morgan fingerprint density at radius 2 is 2.46 bits per heavy atom. The van der Waals surface area contributed by atoms with Gasteiger partial charge in [-0.3, -0.25) is 0 Å². The highest BCUT2D eigenvalue weighted by Crippen LogP contribution is 2.38. The number of thiazole rings is 1. The minimum atomic E-state index is -0.780. The molecule has 1 atom stereocenters. The predicted octanol–water partition coefficient (Wildman–Crippen LogP) is 2.83. The second-order valence-electron chi connectivity index (χ2n) is 3.19. The zero-order valence-electron chi connectivity index (χ0n) is 7.03. The number of nitrogens with zero attached hydrogens (tertiary/aromatic N) is 1. The van der Waals surface area contributed by atoms with Gasteiger partial charge < -0.3 is 5.11 Å². The molecule has 0 saturated carbocycles. The van der Waals surface area contributed by atoms with Gasteiger partial charge in [-0.25, -0.2) is 4.98 Å². The first-order chi connectivity index (χ1) is 6.22. The highest BCUT2D eigenvalue weighted by Gasteiger charge is 2.31. The second-order valence-corrected chi connectivity index (χ2v) is 4.80. The molecule has 2 nitrogen and oxygen atoms in total. The van der Waals surface area contributed by atoms with Crippen molar-refractivity contribution in [1.29, 1.82) is 0 Å². The lowest BCUT2D eigenvalue weighted by atomic mass is 9.90. The maximum Gasteiger partial charge on any atom is 0.123 e. The van der Waals surface area contributed by atoms with E-state index in [4.69, 9.17) is 0 Å². The first-order valence-corrected chi connectivity index (χ1v) is 5.89. The third kappa shape index (κ3) is 1.71. The van der Waals surface area contributed by atoms with Gasteiger partial charge in [-0.05, 0) is 35.2 Å². The molecule has 0 radical (unpaired) electrons. The molecular weight excluding hydrogens is 250 g/mol. The zero-order valence-corrected chi connectivity index (χ0v) is 9.44. The number of aromatic nitrogens is 1. The number of allylic oxidation sites excluding steroid dienone is 1. The van der Waals surface area contributed by atoms with Crippen LogP contribution in [-0.2, 0) is 5.60 Å². The van der Waals surface area contributed by atoms with Gasteiger partial charge in [-0.1, -0.05) is 12.2 Å². The number of hydrogen-bond donors (Lipinski definition) is 1. The topological polar surface area (TPSA) is 33.1 Å². The molecule has 13 heavy (non-hydrogen) atoms. The summed E-state index contributed by atoms with van der Waals surface area (Å²) in [4.78, 5) is 5.00. The monoisotopic (exact) mass is 259 g/mol. The van der Waals surface area contributed by atoms with Crippen molar-refractivity contribution < 1.29 is 5.11 Å². The molecule has 2 rings (SSSR count). The highest BCUT2D eigenvalue weighted by atomic mass is 79.9. The third-order valence-electron chi connectivity index (χ3n) is 2.24. The third-order valence-corrected chi connectivity index (χ3v) is 4.10. The Hall–Kier alpha value is -0.190. The molecule has 1 aromatic rings. The molecule has 1 N–H and O–H groups in total. The molecule has 1 aliphatic rings. The van der Waals surface area contributed by atoms with Gasteiger partial charge in [0.05, 0.1) is 10.4 Å². The normalized spacial score (nSPS) is 27.8. The summed E-state index contributed by atoms with van der Waals surface area (Å²) >= 11 is 4.84. The zero-order chi connectivity index (χ0) is 9.31. The number of hydrogen-bond acceptors (Lipinski definition) is 3. The van der Waals surface area contributed by atoms with Crippen molar-refractivity contribution in [2.75, 3.05) is 0 Å². The van der Waals surface area contributed by atoms with Gasteiger partial charge >= 0.3 is 0 Å². The molecule has 70 valence electrons. The molecule has 1 aromatic heterocycles. The summed E-state index contributed by atoms with van der Waals surface area (Å²) in [6.07, 6.45) is 6.82. The first-order valence-electron chi connectivity index (χ1n) is 4.22. The molecule has 0 aliphatic heterocycles. The predicted molar refractivity (Wildman–Crippen MR) is 56.7 cm³/mol. The summed E-state index contributed by atoms with van der Waals surface area (Å²) in [6.45, 7) is 0. The van der Waals surface area contributed by atoms with Crippen LogP contribution in [0, 0.1) is 0 Å². The SMILES string of the molecule is OC1(c2scnc2Br)C=CCCC1. The lowest BCUT2D eigenvalue weighted by molar-refractivity contribution is 0.0754. The molecule has 1 aliphatic carbocycles. The van der Waals surface area contributed by atoms with Gasteiger partial charge in [0.25, 0.3) is 0 Å². The second kappa shape index (κ2) is 3.52. The van der Waals surface area contributed by atoms with E-state index in [-0.39, 0.29) is 0 Å². The Labute approximate surface area is 89.4 Å². The van der Waals surface area contributed by atoms with E-state index in [1.54, 1.807) is 5.51 Å². The minimum Gasteiger partial charge on any atom is -0.380 e. The van der Waals surface area contributed by atoms with Gasteiger partial charge in [-0.2, -0.15) is 0 Å². The van der Waals surface area contributed by atoms with Crippen LogP contribution < -0.4 is 0 Å². The Bertz CT molecular complexity index is 336. The van der Waals surface area contributed by atoms with E-state index < -0.39 is 5.60 Å². The number of rotatable bonds is 1. The van der Waals surface area contributed by atoms with Crippen molar-refractivity contribution in [1.82, 2.24) is 4.98 Å². The van der Waals surface area contributed by atoms with E-state index in [0.717, 1.165) is 28.7 Å². The van der Waals surface area contributed by atoms with Crippen molar-refractivity contribution in [2.45, 2.75) is 24.9 Å². The Kier molecular flexibility index (Phi) is 2.53. The summed E-state index contributed by atoms with van der Waals surface area (Å²) in [5.41, 5.74) is 0.970. The molecule has 0 saturated heterocycles. The van der Waals surface area contributed by atoms with Gasteiger partial charge in [0.2, 0.25) is 0 Å². The van der Waals surface area contributed by atoms with Crippen LogP contribution in [0.4, 0.5) is 0 Å². The van der Waals surface area contributed by atoms with Crippen LogP contribution >= 0.6 is 27.3 Å². The van der Waals surface area contributed by atoms with Crippen LogP contribution in [0.5, 0.6) is 0 Å². The van der Waals surface area contributed by atoms with Crippen molar-refractivity contribution in [2.24, 2.45) is 0 Å². The maximum atomic E-state index is 10.3. The number of halogens is 1. The van der Waals surface area contributed by atoms with Crippen molar-refractivity contribution in [3.05, 3.63) is 27.1 Å². The average molecular weight is 260 g/mol. The molecule has 0 fully saturated rings. The summed E-state index contributed by atoms with van der Waals surface area (Å²) in [6, 6.07) is 0. The van der Waals surface area contributed by atoms with Gasteiger partial charge in [-0.15, -0.1) is 11.3 Å². The van der Waals surface area contributed by atoms with Crippen LogP contribution in [0.15, 0.2) is 22.3 Å². The standard InChI is InChI=1S/C9H10BrNOS/c10-8-7(13-6-11-8)9(12)4-2-1-3-5-9/h2,4,6,12H,1,3,5H2. The van der Waals surface area contributed by atoms with Crippen LogP contribution in [0.1, 0.15) is 24.1 Å². The Morgan fingerprint density at radius 3 is 3.00 bits per heavy atom. The molecule has 1 heterocycles. The summed E-state index contributed by atoms with van der Waals surface area (Å²) in [7, 11) is 0. The van der Waals surface area contributed by atoms with Crippen molar-refractivity contribution >= 4 is 27.3 Å². The van der Waals surface area contributed by atoms with Crippen LogP contribution in [0.25, 0.3) is 0 Å². The van der Waals surface area contributed by atoms with E-state index in [1.165, 1.54) is 11.3 Å². The molecule has 0 aromatic carbocycles. The highest BCUT2D eigenvalue weighted by molar-refractivity contribution is 9.10. The molecule has 0 bridgehead atoms. The molecule has 0 amide bonds. The molecule has 0 spiro atoms. The van der Waals surface area contributed by atoms with E-state index in [1.807, 2.05) is 12.2 Å². The fourth-order valence-corrected chi connectivity index (χ4v) is 3.20. The van der Waals surface area contributed by atoms with Gasteiger partial charge in [0.15, 0.2) is 0 Å². The lowest BCUT2D eigenvalue weighted by Gasteiger charge is -2.26. The Balaban J connectivity index is 2.38.